The minimum absolute atomic E-state index is 0.0551. The van der Waals surface area contributed by atoms with Gasteiger partial charge < -0.3 is 10.1 Å². The van der Waals surface area contributed by atoms with Crippen molar-refractivity contribution in [3.63, 3.8) is 0 Å². The minimum atomic E-state index is -1.56. The van der Waals surface area contributed by atoms with Crippen LogP contribution in [-0.4, -0.2) is 45.6 Å². The second-order valence-corrected chi connectivity index (χ2v) is 9.09. The predicted molar refractivity (Wildman–Crippen MR) is 102 cm³/mol. The first-order valence-electron chi connectivity index (χ1n) is 8.48. The van der Waals surface area contributed by atoms with Gasteiger partial charge in [0.05, 0.1) is 13.2 Å². The summed E-state index contributed by atoms with van der Waals surface area (Å²) in [5, 5.41) is 2.62. The third-order valence-corrected chi connectivity index (χ3v) is 4.55. The van der Waals surface area contributed by atoms with Crippen LogP contribution in [0.1, 0.15) is 46.5 Å². The van der Waals surface area contributed by atoms with Crippen LogP contribution in [0.3, 0.4) is 0 Å². The highest BCUT2D eigenvalue weighted by molar-refractivity contribution is 6.67. The van der Waals surface area contributed by atoms with Gasteiger partial charge in [-0.25, -0.2) is 0 Å². The van der Waals surface area contributed by atoms with Crippen LogP contribution in [0, 0.1) is 5.92 Å². The molecule has 0 fully saturated rings. The maximum atomic E-state index is 13.0. The topological polar surface area (TPSA) is 75.7 Å². The summed E-state index contributed by atoms with van der Waals surface area (Å²) in [6, 6.07) is -1.46. The molecule has 6 nitrogen and oxygen atoms in total. The molecule has 148 valence electrons. The Morgan fingerprint density at radius 3 is 2.42 bits per heavy atom. The summed E-state index contributed by atoms with van der Waals surface area (Å²) in [5.74, 6) is -0.662. The van der Waals surface area contributed by atoms with Gasteiger partial charge in [-0.3, -0.25) is 19.3 Å². The van der Waals surface area contributed by atoms with E-state index in [4.69, 9.17) is 39.5 Å². The van der Waals surface area contributed by atoms with Gasteiger partial charge in [-0.15, -0.1) is 0 Å². The zero-order chi connectivity index (χ0) is 20.1. The smallest absolute Gasteiger partial charge is 0.257 e. The molecule has 1 aliphatic rings. The van der Waals surface area contributed by atoms with Crippen LogP contribution >= 0.6 is 34.8 Å². The van der Waals surface area contributed by atoms with Crippen LogP contribution in [0.25, 0.3) is 0 Å². The Bertz CT molecular complexity index is 573. The van der Waals surface area contributed by atoms with E-state index in [2.05, 4.69) is 5.32 Å². The molecule has 0 radical (unpaired) electrons. The van der Waals surface area contributed by atoms with Gasteiger partial charge in [0.1, 0.15) is 11.8 Å². The molecule has 0 saturated carbocycles. The van der Waals surface area contributed by atoms with Gasteiger partial charge in [-0.1, -0.05) is 55.6 Å². The number of carbonyl (C=O) groups is 3. The zero-order valence-electron chi connectivity index (χ0n) is 15.4. The van der Waals surface area contributed by atoms with Gasteiger partial charge in [0, 0.05) is 12.5 Å². The number of carbonyl (C=O) groups excluding carboxylic acids is 3. The van der Waals surface area contributed by atoms with Crippen LogP contribution < -0.4 is 5.32 Å². The normalized spacial score (nSPS) is 18.8. The summed E-state index contributed by atoms with van der Waals surface area (Å²) in [6.07, 6.45) is 2.21. The first kappa shape index (κ1) is 23.1. The SMILES string of the molecule is CCC(=O)N[C@H](CCC(Cl)(Cl)Cl)C(=O)N1C(=O)C=C(OC)[C@H]1CC(C)C. The average molecular weight is 428 g/mol. The molecule has 3 amide bonds. The molecule has 0 saturated heterocycles. The van der Waals surface area contributed by atoms with Crippen molar-refractivity contribution in [2.45, 2.75) is 62.3 Å². The zero-order valence-corrected chi connectivity index (χ0v) is 17.6. The second kappa shape index (κ2) is 9.81. The first-order chi connectivity index (χ1) is 12.0. The molecule has 0 aromatic rings. The number of hydrogen-bond acceptors (Lipinski definition) is 4. The van der Waals surface area contributed by atoms with Crippen molar-refractivity contribution in [3.8, 4) is 0 Å². The van der Waals surface area contributed by atoms with Crippen molar-refractivity contribution >= 4 is 52.5 Å². The number of hydrogen-bond donors (Lipinski definition) is 1. The van der Waals surface area contributed by atoms with Crippen molar-refractivity contribution in [2.24, 2.45) is 5.92 Å². The van der Waals surface area contributed by atoms with E-state index >= 15 is 0 Å². The fourth-order valence-corrected chi connectivity index (χ4v) is 3.05. The molecule has 0 spiro atoms. The standard InChI is InChI=1S/C17H25Cl3N2O4/c1-5-14(23)21-11(6-7-17(18,19)20)16(25)22-12(8-10(2)3)13(26-4)9-15(22)24/h9-12H,5-8H2,1-4H3,(H,21,23)/t11-,12-/m1/s1. The maximum Gasteiger partial charge on any atom is 0.257 e. The first-order valence-corrected chi connectivity index (χ1v) is 9.62. The number of nitrogens with zero attached hydrogens (tertiary/aromatic N) is 1. The Morgan fingerprint density at radius 1 is 1.35 bits per heavy atom. The van der Waals surface area contributed by atoms with Gasteiger partial charge in [-0.2, -0.15) is 0 Å². The number of methoxy groups -OCH3 is 1. The van der Waals surface area contributed by atoms with Gasteiger partial charge >= 0.3 is 0 Å². The summed E-state index contributed by atoms with van der Waals surface area (Å²) in [5.41, 5.74) is 0. The molecule has 26 heavy (non-hydrogen) atoms. The van der Waals surface area contributed by atoms with Crippen molar-refractivity contribution in [3.05, 3.63) is 11.8 Å². The number of nitrogens with one attached hydrogen (secondary N) is 1. The molecule has 0 aromatic heterocycles. The van der Waals surface area contributed by atoms with Crippen LogP contribution in [-0.2, 0) is 19.1 Å². The Morgan fingerprint density at radius 2 is 1.96 bits per heavy atom. The molecular weight excluding hydrogens is 403 g/mol. The Kier molecular flexibility index (Phi) is 8.70. The van der Waals surface area contributed by atoms with Crippen LogP contribution in [0.5, 0.6) is 0 Å². The largest absolute Gasteiger partial charge is 0.499 e. The predicted octanol–water partition coefficient (Wildman–Crippen LogP) is 3.35. The highest BCUT2D eigenvalue weighted by Crippen LogP contribution is 2.33. The Hall–Kier alpha value is -0.980. The van der Waals surface area contributed by atoms with Crippen molar-refractivity contribution in [2.75, 3.05) is 7.11 Å². The fraction of sp³-hybridized carbons (Fsp3) is 0.706. The van der Waals surface area contributed by atoms with Crippen LogP contribution in [0.2, 0.25) is 0 Å². The van der Waals surface area contributed by atoms with E-state index in [0.29, 0.717) is 12.2 Å². The number of halogens is 3. The molecule has 1 rings (SSSR count). The molecule has 1 heterocycles. The highest BCUT2D eigenvalue weighted by Gasteiger charge is 2.41. The Labute approximate surface area is 169 Å². The molecule has 0 unspecified atom stereocenters. The third kappa shape index (κ3) is 6.63. The Balaban J connectivity index is 3.05. The summed E-state index contributed by atoms with van der Waals surface area (Å²) in [7, 11) is 1.46. The minimum Gasteiger partial charge on any atom is -0.499 e. The number of rotatable bonds is 8. The lowest BCUT2D eigenvalue weighted by atomic mass is 10.0. The fourth-order valence-electron chi connectivity index (χ4n) is 2.72. The number of ether oxygens (including phenoxy) is 1. The monoisotopic (exact) mass is 426 g/mol. The van der Waals surface area contributed by atoms with Crippen LogP contribution in [0.15, 0.2) is 11.8 Å². The summed E-state index contributed by atoms with van der Waals surface area (Å²) in [4.78, 5) is 38.4. The molecule has 2 atom stereocenters. The van der Waals surface area contributed by atoms with Gasteiger partial charge in [0.2, 0.25) is 5.91 Å². The van der Waals surface area contributed by atoms with E-state index in [-0.39, 0.29) is 31.1 Å². The molecule has 1 N–H and O–H groups in total. The van der Waals surface area contributed by atoms with E-state index in [1.165, 1.54) is 13.2 Å². The molecule has 9 heteroatoms. The quantitative estimate of drug-likeness (QED) is 0.603. The average Bonchev–Trinajstić information content (AvgIpc) is 2.84. The van der Waals surface area contributed by atoms with E-state index in [0.717, 1.165) is 4.90 Å². The second-order valence-electron chi connectivity index (χ2n) is 6.57. The van der Waals surface area contributed by atoms with Crippen molar-refractivity contribution in [1.82, 2.24) is 10.2 Å². The van der Waals surface area contributed by atoms with E-state index in [1.807, 2.05) is 13.8 Å². The highest BCUT2D eigenvalue weighted by atomic mass is 35.6. The van der Waals surface area contributed by atoms with E-state index in [1.54, 1.807) is 6.92 Å². The van der Waals surface area contributed by atoms with Gasteiger partial charge in [0.15, 0.2) is 3.79 Å². The molecule has 1 aliphatic heterocycles. The number of imide groups is 1. The summed E-state index contributed by atoms with van der Waals surface area (Å²) >= 11 is 17.3. The molecule has 0 aliphatic carbocycles. The maximum absolute atomic E-state index is 13.0. The van der Waals surface area contributed by atoms with Crippen molar-refractivity contribution in [1.29, 1.82) is 0 Å². The van der Waals surface area contributed by atoms with Gasteiger partial charge in [0.25, 0.3) is 11.8 Å². The number of amides is 3. The van der Waals surface area contributed by atoms with Crippen molar-refractivity contribution < 1.29 is 19.1 Å². The molecule has 0 aromatic carbocycles. The lowest BCUT2D eigenvalue weighted by Crippen LogP contribution is -2.52. The molecular formula is C17H25Cl3N2O4. The van der Waals surface area contributed by atoms with Gasteiger partial charge in [-0.05, 0) is 25.2 Å². The van der Waals surface area contributed by atoms with Crippen LogP contribution in [0.4, 0.5) is 0 Å². The summed E-state index contributed by atoms with van der Waals surface area (Å²) in [6.45, 7) is 5.63. The molecule has 0 bridgehead atoms. The van der Waals surface area contributed by atoms with E-state index in [9.17, 15) is 14.4 Å². The lowest BCUT2D eigenvalue weighted by molar-refractivity contribution is -0.146. The lowest BCUT2D eigenvalue weighted by Gasteiger charge is -2.30. The summed E-state index contributed by atoms with van der Waals surface area (Å²) < 4.78 is 3.71. The van der Waals surface area contributed by atoms with E-state index < -0.39 is 27.7 Å². The third-order valence-electron chi connectivity index (χ3n) is 3.98. The number of alkyl halides is 3.